The van der Waals surface area contributed by atoms with Gasteiger partial charge in [-0.1, -0.05) is 19.1 Å². The Hall–Kier alpha value is -2.01. The minimum Gasteiger partial charge on any atom is -0.351 e. The smallest absolute Gasteiger partial charge is 0.271 e. The number of carbonyl (C=O) groups excluding carboxylic acids is 1. The summed E-state index contributed by atoms with van der Waals surface area (Å²) in [4.78, 5) is 23.3. The normalized spacial score (nSPS) is 16.6. The molecule has 1 aliphatic rings. The molecule has 1 N–H and O–H groups in total. The SMILES string of the molecule is CC1CCN(CCCNC(=O)c2cnc3ccccc3n2)CC1. The summed E-state index contributed by atoms with van der Waals surface area (Å²) in [5.41, 5.74) is 1.95. The molecule has 0 bridgehead atoms. The third-order valence-corrected chi connectivity index (χ3v) is 4.49. The van der Waals surface area contributed by atoms with Crippen molar-refractivity contribution in [2.75, 3.05) is 26.2 Å². The lowest BCUT2D eigenvalue weighted by Gasteiger charge is -2.30. The van der Waals surface area contributed by atoms with Crippen LogP contribution in [0, 0.1) is 5.92 Å². The van der Waals surface area contributed by atoms with E-state index in [2.05, 4.69) is 27.1 Å². The van der Waals surface area contributed by atoms with E-state index in [1.54, 1.807) is 6.20 Å². The van der Waals surface area contributed by atoms with Gasteiger partial charge in [0.15, 0.2) is 0 Å². The van der Waals surface area contributed by atoms with E-state index in [9.17, 15) is 4.79 Å². The van der Waals surface area contributed by atoms with Gasteiger partial charge in [0, 0.05) is 6.54 Å². The molecule has 0 radical (unpaired) electrons. The van der Waals surface area contributed by atoms with Gasteiger partial charge in [-0.3, -0.25) is 9.78 Å². The predicted octanol–water partition coefficient (Wildman–Crippen LogP) is 2.48. The second-order valence-corrected chi connectivity index (χ2v) is 6.38. The molecule has 0 atom stereocenters. The van der Waals surface area contributed by atoms with E-state index in [4.69, 9.17) is 0 Å². The molecule has 1 fully saturated rings. The molecule has 5 nitrogen and oxygen atoms in total. The van der Waals surface area contributed by atoms with Crippen LogP contribution < -0.4 is 5.32 Å². The van der Waals surface area contributed by atoms with E-state index in [0.717, 1.165) is 29.9 Å². The van der Waals surface area contributed by atoms with Gasteiger partial charge in [0.25, 0.3) is 5.91 Å². The van der Waals surface area contributed by atoms with Crippen LogP contribution in [-0.2, 0) is 0 Å². The molecule has 122 valence electrons. The Morgan fingerprint density at radius 1 is 1.26 bits per heavy atom. The lowest BCUT2D eigenvalue weighted by atomic mass is 9.99. The first-order valence-electron chi connectivity index (χ1n) is 8.45. The number of benzene rings is 1. The van der Waals surface area contributed by atoms with E-state index in [0.29, 0.717) is 12.2 Å². The fourth-order valence-corrected chi connectivity index (χ4v) is 2.95. The van der Waals surface area contributed by atoms with Crippen molar-refractivity contribution in [1.82, 2.24) is 20.2 Å². The monoisotopic (exact) mass is 312 g/mol. The fraction of sp³-hybridized carbons (Fsp3) is 0.500. The van der Waals surface area contributed by atoms with Gasteiger partial charge in [-0.05, 0) is 56.9 Å². The number of nitrogens with one attached hydrogen (secondary N) is 1. The average molecular weight is 312 g/mol. The zero-order chi connectivity index (χ0) is 16.1. The molecule has 0 spiro atoms. The Kier molecular flexibility index (Phi) is 5.18. The third kappa shape index (κ3) is 4.26. The Bertz CT molecular complexity index is 665. The van der Waals surface area contributed by atoms with Crippen LogP contribution in [0.5, 0.6) is 0 Å². The van der Waals surface area contributed by atoms with Gasteiger partial charge in [-0.25, -0.2) is 4.98 Å². The van der Waals surface area contributed by atoms with E-state index < -0.39 is 0 Å². The van der Waals surface area contributed by atoms with Crippen molar-refractivity contribution in [1.29, 1.82) is 0 Å². The number of aromatic nitrogens is 2. The number of amides is 1. The zero-order valence-corrected chi connectivity index (χ0v) is 13.7. The molecule has 0 unspecified atom stereocenters. The molecule has 1 aromatic carbocycles. The van der Waals surface area contributed by atoms with Crippen molar-refractivity contribution in [2.45, 2.75) is 26.2 Å². The maximum absolute atomic E-state index is 12.2. The molecule has 23 heavy (non-hydrogen) atoms. The molecule has 1 amide bonds. The number of para-hydroxylation sites is 2. The van der Waals surface area contributed by atoms with E-state index in [1.165, 1.54) is 25.9 Å². The first-order chi connectivity index (χ1) is 11.2. The van der Waals surface area contributed by atoms with Crippen molar-refractivity contribution in [3.63, 3.8) is 0 Å². The summed E-state index contributed by atoms with van der Waals surface area (Å²) in [6.07, 6.45) is 5.10. The van der Waals surface area contributed by atoms with E-state index in [-0.39, 0.29) is 5.91 Å². The van der Waals surface area contributed by atoms with Crippen molar-refractivity contribution in [3.05, 3.63) is 36.2 Å². The maximum Gasteiger partial charge on any atom is 0.271 e. The quantitative estimate of drug-likeness (QED) is 0.862. The molecule has 1 aliphatic heterocycles. The molecule has 5 heteroatoms. The number of likely N-dealkylation sites (tertiary alicyclic amines) is 1. The van der Waals surface area contributed by atoms with Gasteiger partial charge >= 0.3 is 0 Å². The minimum absolute atomic E-state index is 0.143. The topological polar surface area (TPSA) is 58.1 Å². The van der Waals surface area contributed by atoms with Crippen LogP contribution in [0.4, 0.5) is 0 Å². The Balaban J connectivity index is 1.45. The Morgan fingerprint density at radius 3 is 2.78 bits per heavy atom. The number of hydrogen-bond donors (Lipinski definition) is 1. The average Bonchev–Trinajstić information content (AvgIpc) is 2.59. The van der Waals surface area contributed by atoms with Gasteiger partial charge in [0.1, 0.15) is 5.69 Å². The van der Waals surface area contributed by atoms with Gasteiger partial charge in [-0.15, -0.1) is 0 Å². The summed E-state index contributed by atoms with van der Waals surface area (Å²) in [6, 6.07) is 7.58. The lowest BCUT2D eigenvalue weighted by molar-refractivity contribution is 0.0945. The highest BCUT2D eigenvalue weighted by Crippen LogP contribution is 2.15. The highest BCUT2D eigenvalue weighted by molar-refractivity contribution is 5.93. The second-order valence-electron chi connectivity index (χ2n) is 6.38. The highest BCUT2D eigenvalue weighted by atomic mass is 16.1. The number of nitrogens with zero attached hydrogens (tertiary/aromatic N) is 3. The van der Waals surface area contributed by atoms with Crippen LogP contribution in [0.3, 0.4) is 0 Å². The van der Waals surface area contributed by atoms with Crippen molar-refractivity contribution >= 4 is 16.9 Å². The van der Waals surface area contributed by atoms with Crippen molar-refractivity contribution in [3.8, 4) is 0 Å². The largest absolute Gasteiger partial charge is 0.351 e. The number of rotatable bonds is 5. The van der Waals surface area contributed by atoms with Crippen LogP contribution in [0.2, 0.25) is 0 Å². The summed E-state index contributed by atoms with van der Waals surface area (Å²) < 4.78 is 0. The van der Waals surface area contributed by atoms with Crippen LogP contribution in [0.25, 0.3) is 11.0 Å². The first kappa shape index (κ1) is 15.9. The van der Waals surface area contributed by atoms with E-state index >= 15 is 0 Å². The molecule has 0 aliphatic carbocycles. The second kappa shape index (κ2) is 7.51. The number of hydrogen-bond acceptors (Lipinski definition) is 4. The Labute approximate surface area is 137 Å². The van der Waals surface area contributed by atoms with Gasteiger partial charge in [0.2, 0.25) is 0 Å². The number of piperidine rings is 1. The molecular formula is C18H24N4O. The standard InChI is InChI=1S/C18H24N4O/c1-14-7-11-22(12-8-14)10-4-9-19-18(23)17-13-20-15-5-2-3-6-16(15)21-17/h2-3,5-6,13-14H,4,7-12H2,1H3,(H,19,23). The van der Waals surface area contributed by atoms with Crippen LogP contribution in [0.15, 0.2) is 30.5 Å². The molecular weight excluding hydrogens is 288 g/mol. The van der Waals surface area contributed by atoms with Crippen LogP contribution in [0.1, 0.15) is 36.7 Å². The maximum atomic E-state index is 12.2. The van der Waals surface area contributed by atoms with Crippen LogP contribution >= 0.6 is 0 Å². The first-order valence-corrected chi connectivity index (χ1v) is 8.45. The fourth-order valence-electron chi connectivity index (χ4n) is 2.95. The van der Waals surface area contributed by atoms with Crippen LogP contribution in [-0.4, -0.2) is 47.0 Å². The van der Waals surface area contributed by atoms with Gasteiger partial charge in [0.05, 0.1) is 17.2 Å². The Morgan fingerprint density at radius 2 is 2.00 bits per heavy atom. The predicted molar refractivity (Wildman–Crippen MR) is 91.3 cm³/mol. The zero-order valence-electron chi connectivity index (χ0n) is 13.7. The number of carbonyl (C=O) groups is 1. The molecule has 0 saturated carbocycles. The molecule has 3 rings (SSSR count). The molecule has 2 aromatic rings. The third-order valence-electron chi connectivity index (χ3n) is 4.49. The molecule has 1 aromatic heterocycles. The summed E-state index contributed by atoms with van der Waals surface area (Å²) >= 11 is 0. The molecule has 2 heterocycles. The summed E-state index contributed by atoms with van der Waals surface area (Å²) in [7, 11) is 0. The number of fused-ring (bicyclic) bond motifs is 1. The highest BCUT2D eigenvalue weighted by Gasteiger charge is 2.15. The van der Waals surface area contributed by atoms with Crippen molar-refractivity contribution < 1.29 is 4.79 Å². The minimum atomic E-state index is -0.143. The molecule has 1 saturated heterocycles. The van der Waals surface area contributed by atoms with Gasteiger partial charge in [-0.2, -0.15) is 0 Å². The summed E-state index contributed by atoms with van der Waals surface area (Å²) in [5, 5.41) is 2.94. The van der Waals surface area contributed by atoms with E-state index in [1.807, 2.05) is 24.3 Å². The summed E-state index contributed by atoms with van der Waals surface area (Å²) in [6.45, 7) is 6.43. The van der Waals surface area contributed by atoms with Crippen molar-refractivity contribution in [2.24, 2.45) is 5.92 Å². The summed E-state index contributed by atoms with van der Waals surface area (Å²) in [5.74, 6) is 0.716. The lowest BCUT2D eigenvalue weighted by Crippen LogP contribution is -2.35. The van der Waals surface area contributed by atoms with Gasteiger partial charge < -0.3 is 10.2 Å².